The third-order valence-electron chi connectivity index (χ3n) is 4.27. The molecule has 0 bridgehead atoms. The van der Waals surface area contributed by atoms with Crippen molar-refractivity contribution in [2.75, 3.05) is 33.3 Å². The number of nitrogens with one attached hydrogen (secondary N) is 2. The van der Waals surface area contributed by atoms with Crippen LogP contribution in [0, 0.1) is 11.6 Å². The molecule has 1 aliphatic heterocycles. The fourth-order valence-electron chi connectivity index (χ4n) is 2.87. The number of nitrogens with zero attached hydrogens (tertiary/aromatic N) is 2. The molecule has 0 unspecified atom stereocenters. The van der Waals surface area contributed by atoms with E-state index in [9.17, 15) is 13.6 Å². The molecule has 1 amide bonds. The number of benzene rings is 1. The van der Waals surface area contributed by atoms with Crippen molar-refractivity contribution in [3.05, 3.63) is 35.4 Å². The minimum atomic E-state index is -0.451. The van der Waals surface area contributed by atoms with E-state index >= 15 is 0 Å². The summed E-state index contributed by atoms with van der Waals surface area (Å²) >= 11 is 0. The minimum absolute atomic E-state index is 0. The number of piperidine rings is 1. The van der Waals surface area contributed by atoms with Crippen molar-refractivity contribution in [1.29, 1.82) is 0 Å². The summed E-state index contributed by atoms with van der Waals surface area (Å²) in [5.41, 5.74) is 0.316. The fourth-order valence-corrected chi connectivity index (χ4v) is 2.87. The lowest BCUT2D eigenvalue weighted by atomic mass is 10.1. The Bertz CT molecular complexity index is 638. The molecule has 1 saturated heterocycles. The quantitative estimate of drug-likeness (QED) is 0.374. The number of halogens is 3. The predicted octanol–water partition coefficient (Wildman–Crippen LogP) is 2.91. The van der Waals surface area contributed by atoms with Gasteiger partial charge in [0.15, 0.2) is 5.96 Å². The summed E-state index contributed by atoms with van der Waals surface area (Å²) < 4.78 is 31.6. The highest BCUT2D eigenvalue weighted by molar-refractivity contribution is 14.0. The molecule has 2 N–H and O–H groups in total. The standard InChI is InChI=1S/C18H26F2N4O2.HI/c1-3-21-17(22-9-6-13-12-14(19)4-5-16(13)20)23-15-7-10-24(11-8-15)18(25)26-2;/h4-5,12,15H,3,6-11H2,1-2H3,(H2,21,22,23);1H. The Hall–Kier alpha value is -1.65. The molecule has 6 nitrogen and oxygen atoms in total. The third-order valence-corrected chi connectivity index (χ3v) is 4.27. The van der Waals surface area contributed by atoms with Gasteiger partial charge in [-0.25, -0.2) is 13.6 Å². The SMILES string of the molecule is CCNC(=NCCc1cc(F)ccc1F)NC1CCN(C(=O)OC)CC1.I. The van der Waals surface area contributed by atoms with Crippen LogP contribution in [-0.2, 0) is 11.2 Å². The van der Waals surface area contributed by atoms with Crippen LogP contribution in [0.4, 0.5) is 13.6 Å². The molecule has 0 aliphatic carbocycles. The monoisotopic (exact) mass is 496 g/mol. The normalized spacial score (nSPS) is 15.1. The fraction of sp³-hybridized carbons (Fsp3) is 0.556. The zero-order valence-electron chi connectivity index (χ0n) is 15.6. The zero-order valence-corrected chi connectivity index (χ0v) is 18.0. The molecular weight excluding hydrogens is 469 g/mol. The molecule has 0 spiro atoms. The Balaban J connectivity index is 0.00000364. The van der Waals surface area contributed by atoms with Gasteiger partial charge in [-0.2, -0.15) is 0 Å². The van der Waals surface area contributed by atoms with Gasteiger partial charge in [-0.15, -0.1) is 24.0 Å². The first kappa shape index (κ1) is 23.4. The van der Waals surface area contributed by atoms with Crippen LogP contribution >= 0.6 is 24.0 Å². The number of guanidine groups is 1. The van der Waals surface area contributed by atoms with Crippen molar-refractivity contribution in [2.45, 2.75) is 32.2 Å². The van der Waals surface area contributed by atoms with Crippen LogP contribution in [0.3, 0.4) is 0 Å². The second-order valence-corrected chi connectivity index (χ2v) is 6.12. The Morgan fingerprint density at radius 2 is 2.04 bits per heavy atom. The lowest BCUT2D eigenvalue weighted by molar-refractivity contribution is 0.111. The van der Waals surface area contributed by atoms with Crippen molar-refractivity contribution < 1.29 is 18.3 Å². The summed E-state index contributed by atoms with van der Waals surface area (Å²) in [6.07, 6.45) is 1.60. The van der Waals surface area contributed by atoms with Gasteiger partial charge in [-0.1, -0.05) is 0 Å². The summed E-state index contributed by atoms with van der Waals surface area (Å²) in [6.45, 7) is 4.25. The molecule has 0 radical (unpaired) electrons. The molecule has 9 heteroatoms. The molecule has 0 atom stereocenters. The van der Waals surface area contributed by atoms with E-state index < -0.39 is 11.6 Å². The van der Waals surface area contributed by atoms with E-state index in [4.69, 9.17) is 4.74 Å². The number of ether oxygens (including phenoxy) is 1. The molecule has 27 heavy (non-hydrogen) atoms. The highest BCUT2D eigenvalue weighted by Gasteiger charge is 2.23. The van der Waals surface area contributed by atoms with Crippen LogP contribution in [0.5, 0.6) is 0 Å². The van der Waals surface area contributed by atoms with E-state index in [-0.39, 0.29) is 36.1 Å². The number of hydrogen-bond donors (Lipinski definition) is 2. The first-order chi connectivity index (χ1) is 12.5. The maximum atomic E-state index is 13.7. The first-order valence-electron chi connectivity index (χ1n) is 8.85. The van der Waals surface area contributed by atoms with Crippen molar-refractivity contribution in [3.8, 4) is 0 Å². The van der Waals surface area contributed by atoms with Gasteiger partial charge in [0.25, 0.3) is 0 Å². The average Bonchev–Trinajstić information content (AvgIpc) is 2.64. The Morgan fingerprint density at radius 1 is 1.33 bits per heavy atom. The maximum absolute atomic E-state index is 13.7. The van der Waals surface area contributed by atoms with Gasteiger partial charge in [-0.3, -0.25) is 4.99 Å². The number of methoxy groups -OCH3 is 1. The molecule has 1 fully saturated rings. The highest BCUT2D eigenvalue weighted by atomic mass is 127. The number of amides is 1. The van der Waals surface area contributed by atoms with E-state index in [0.717, 1.165) is 25.0 Å². The Kier molecular flexibility index (Phi) is 10.3. The van der Waals surface area contributed by atoms with Gasteiger partial charge in [-0.05, 0) is 49.9 Å². The second kappa shape index (κ2) is 11.9. The number of rotatable bonds is 5. The molecule has 1 aromatic carbocycles. The summed E-state index contributed by atoms with van der Waals surface area (Å²) in [6, 6.07) is 3.63. The van der Waals surface area contributed by atoms with Crippen LogP contribution in [0.25, 0.3) is 0 Å². The number of aliphatic imine (C=N–C) groups is 1. The first-order valence-corrected chi connectivity index (χ1v) is 8.85. The van der Waals surface area contributed by atoms with Gasteiger partial charge in [0.2, 0.25) is 0 Å². The van der Waals surface area contributed by atoms with Gasteiger partial charge in [0, 0.05) is 32.2 Å². The van der Waals surface area contributed by atoms with E-state index in [1.165, 1.54) is 13.2 Å². The summed E-state index contributed by atoms with van der Waals surface area (Å²) in [4.78, 5) is 17.6. The number of carbonyl (C=O) groups is 1. The van der Waals surface area contributed by atoms with Crippen LogP contribution < -0.4 is 10.6 Å². The molecule has 1 aromatic rings. The van der Waals surface area contributed by atoms with Crippen molar-refractivity contribution in [1.82, 2.24) is 15.5 Å². The highest BCUT2D eigenvalue weighted by Crippen LogP contribution is 2.12. The van der Waals surface area contributed by atoms with E-state index in [1.54, 1.807) is 4.90 Å². The van der Waals surface area contributed by atoms with Gasteiger partial charge >= 0.3 is 6.09 Å². The second-order valence-electron chi connectivity index (χ2n) is 6.12. The van der Waals surface area contributed by atoms with Crippen molar-refractivity contribution in [3.63, 3.8) is 0 Å². The lowest BCUT2D eigenvalue weighted by Crippen LogP contribution is -2.49. The predicted molar refractivity (Wildman–Crippen MR) is 112 cm³/mol. The largest absolute Gasteiger partial charge is 0.453 e. The molecular formula is C18H27F2IN4O2. The van der Waals surface area contributed by atoms with Crippen LogP contribution in [0.1, 0.15) is 25.3 Å². The molecule has 0 saturated carbocycles. The molecule has 1 aliphatic rings. The van der Waals surface area contributed by atoms with Gasteiger partial charge in [0.05, 0.1) is 7.11 Å². The number of carbonyl (C=O) groups excluding carboxylic acids is 1. The molecule has 0 aromatic heterocycles. The minimum Gasteiger partial charge on any atom is -0.453 e. The van der Waals surface area contributed by atoms with Gasteiger partial charge in [0.1, 0.15) is 11.6 Å². The average molecular weight is 496 g/mol. The number of likely N-dealkylation sites (tertiary alicyclic amines) is 1. The third kappa shape index (κ3) is 7.47. The van der Waals surface area contributed by atoms with Crippen LogP contribution in [0.2, 0.25) is 0 Å². The maximum Gasteiger partial charge on any atom is 0.409 e. The Morgan fingerprint density at radius 3 is 2.67 bits per heavy atom. The number of hydrogen-bond acceptors (Lipinski definition) is 3. The Labute approximate surface area is 175 Å². The molecule has 2 rings (SSSR count). The molecule has 1 heterocycles. The van der Waals surface area contributed by atoms with Gasteiger partial charge < -0.3 is 20.3 Å². The van der Waals surface area contributed by atoms with E-state index in [2.05, 4.69) is 15.6 Å². The van der Waals surface area contributed by atoms with Crippen molar-refractivity contribution in [2.24, 2.45) is 4.99 Å². The summed E-state index contributed by atoms with van der Waals surface area (Å²) in [5.74, 6) is -0.233. The van der Waals surface area contributed by atoms with E-state index in [0.29, 0.717) is 44.1 Å². The topological polar surface area (TPSA) is 66.0 Å². The summed E-state index contributed by atoms with van der Waals surface area (Å²) in [5, 5.41) is 6.49. The van der Waals surface area contributed by atoms with Crippen LogP contribution in [0.15, 0.2) is 23.2 Å². The molecule has 152 valence electrons. The van der Waals surface area contributed by atoms with Crippen molar-refractivity contribution >= 4 is 36.0 Å². The van der Waals surface area contributed by atoms with E-state index in [1.807, 2.05) is 6.92 Å². The van der Waals surface area contributed by atoms with Crippen LogP contribution in [-0.4, -0.2) is 56.3 Å². The zero-order chi connectivity index (χ0) is 18.9. The summed E-state index contributed by atoms with van der Waals surface area (Å²) in [7, 11) is 1.38. The lowest BCUT2D eigenvalue weighted by Gasteiger charge is -2.32. The smallest absolute Gasteiger partial charge is 0.409 e.